The molecule has 150 valence electrons. The Kier molecular flexibility index (Phi) is 6.80. The molecule has 0 radical (unpaired) electrons. The number of benzene rings is 2. The van der Waals surface area contributed by atoms with Crippen LogP contribution in [0.25, 0.3) is 6.08 Å². The molecule has 29 heavy (non-hydrogen) atoms. The molecule has 9 heteroatoms. The second kappa shape index (κ2) is 9.31. The summed E-state index contributed by atoms with van der Waals surface area (Å²) < 4.78 is 11.5. The van der Waals surface area contributed by atoms with Gasteiger partial charge in [0.2, 0.25) is 5.91 Å². The molecule has 1 fully saturated rings. The van der Waals surface area contributed by atoms with Crippen LogP contribution in [0.4, 0.5) is 10.5 Å². The van der Waals surface area contributed by atoms with Gasteiger partial charge in [-0.25, -0.2) is 0 Å². The van der Waals surface area contributed by atoms with Crippen molar-refractivity contribution >= 4 is 63.2 Å². The van der Waals surface area contributed by atoms with Crippen LogP contribution in [0.15, 0.2) is 47.4 Å². The quantitative estimate of drug-likeness (QED) is 0.455. The highest BCUT2D eigenvalue weighted by molar-refractivity contribution is 14.1. The minimum Gasteiger partial charge on any atom is -0.497 e. The summed E-state index contributed by atoms with van der Waals surface area (Å²) in [6.07, 6.45) is 1.57. The van der Waals surface area contributed by atoms with Gasteiger partial charge in [0, 0.05) is 20.9 Å². The number of nitrogens with zero attached hydrogens (tertiary/aromatic N) is 1. The van der Waals surface area contributed by atoms with E-state index in [4.69, 9.17) is 9.47 Å². The third-order valence-electron chi connectivity index (χ3n) is 4.03. The zero-order valence-corrected chi connectivity index (χ0v) is 18.6. The van der Waals surface area contributed by atoms with Crippen molar-refractivity contribution in [3.05, 3.63) is 56.5 Å². The lowest BCUT2D eigenvalue weighted by molar-refractivity contribution is -0.127. The highest BCUT2D eigenvalue weighted by Gasteiger charge is 2.36. The number of thioether (sulfide) groups is 1. The highest BCUT2D eigenvalue weighted by atomic mass is 127. The average Bonchev–Trinajstić information content (AvgIpc) is 2.97. The first-order chi connectivity index (χ1) is 13.9. The van der Waals surface area contributed by atoms with E-state index in [0.717, 1.165) is 20.2 Å². The minimum absolute atomic E-state index is 0.223. The normalized spacial score (nSPS) is 15.0. The van der Waals surface area contributed by atoms with Gasteiger partial charge in [-0.15, -0.1) is 0 Å². The van der Waals surface area contributed by atoms with Crippen molar-refractivity contribution in [2.24, 2.45) is 0 Å². The summed E-state index contributed by atoms with van der Waals surface area (Å²) in [4.78, 5) is 38.3. The number of carbonyl (C=O) groups excluding carboxylic acids is 3. The van der Waals surface area contributed by atoms with Gasteiger partial charge in [0.25, 0.3) is 11.1 Å². The van der Waals surface area contributed by atoms with Crippen LogP contribution in [0, 0.1) is 3.57 Å². The van der Waals surface area contributed by atoms with Gasteiger partial charge in [-0.3, -0.25) is 19.3 Å². The van der Waals surface area contributed by atoms with Gasteiger partial charge in [-0.1, -0.05) is 0 Å². The average molecular weight is 524 g/mol. The van der Waals surface area contributed by atoms with Crippen LogP contribution < -0.4 is 14.8 Å². The van der Waals surface area contributed by atoms with Crippen LogP contribution in [-0.2, 0) is 9.59 Å². The Balaban J connectivity index is 1.73. The molecule has 0 aromatic heterocycles. The second-order valence-electron chi connectivity index (χ2n) is 5.93. The zero-order chi connectivity index (χ0) is 21.0. The first kappa shape index (κ1) is 21.2. The third kappa shape index (κ3) is 5.10. The number of imide groups is 1. The van der Waals surface area contributed by atoms with Crippen molar-refractivity contribution in [3.8, 4) is 11.5 Å². The number of nitrogens with one attached hydrogen (secondary N) is 1. The van der Waals surface area contributed by atoms with E-state index in [1.54, 1.807) is 43.5 Å². The van der Waals surface area contributed by atoms with Gasteiger partial charge in [-0.2, -0.15) is 0 Å². The molecule has 2 aromatic rings. The molecule has 0 unspecified atom stereocenters. The van der Waals surface area contributed by atoms with Crippen LogP contribution in [0.3, 0.4) is 0 Å². The van der Waals surface area contributed by atoms with E-state index in [0.29, 0.717) is 22.7 Å². The van der Waals surface area contributed by atoms with Crippen molar-refractivity contribution in [2.45, 2.75) is 0 Å². The van der Waals surface area contributed by atoms with Crippen molar-refractivity contribution < 1.29 is 23.9 Å². The Morgan fingerprint density at radius 2 is 1.86 bits per heavy atom. The molecular weight excluding hydrogens is 507 g/mol. The smallest absolute Gasteiger partial charge is 0.294 e. The predicted octanol–water partition coefficient (Wildman–Crippen LogP) is 3.98. The number of hydrogen-bond acceptors (Lipinski definition) is 6. The Morgan fingerprint density at radius 1 is 1.14 bits per heavy atom. The molecule has 1 aliphatic heterocycles. The predicted molar refractivity (Wildman–Crippen MR) is 120 cm³/mol. The Morgan fingerprint density at radius 3 is 2.52 bits per heavy atom. The first-order valence-corrected chi connectivity index (χ1v) is 10.3. The lowest BCUT2D eigenvalue weighted by atomic mass is 10.1. The molecule has 0 saturated carbocycles. The fraction of sp³-hybridized carbons (Fsp3) is 0.150. The van der Waals surface area contributed by atoms with Gasteiger partial charge in [0.1, 0.15) is 18.0 Å². The zero-order valence-electron chi connectivity index (χ0n) is 15.6. The molecule has 1 aliphatic rings. The number of halogens is 1. The van der Waals surface area contributed by atoms with Crippen molar-refractivity contribution in [1.29, 1.82) is 0 Å². The van der Waals surface area contributed by atoms with Gasteiger partial charge < -0.3 is 14.8 Å². The third-order valence-corrected chi connectivity index (χ3v) is 5.66. The summed E-state index contributed by atoms with van der Waals surface area (Å²) in [5.41, 5.74) is 1.23. The molecule has 0 spiro atoms. The van der Waals surface area contributed by atoms with E-state index in [1.807, 2.05) is 12.1 Å². The minimum atomic E-state index is -0.518. The molecular formula is C20H17IN2O5S. The SMILES string of the molecule is COc1ccc(/C=C2/SC(=O)N(CC(=O)Nc3ccc(I)cc3)C2=O)c(OC)c1. The second-order valence-corrected chi connectivity index (χ2v) is 8.17. The van der Waals surface area contributed by atoms with Crippen molar-refractivity contribution in [3.63, 3.8) is 0 Å². The first-order valence-electron chi connectivity index (χ1n) is 8.44. The van der Waals surface area contributed by atoms with Crippen LogP contribution in [0.1, 0.15) is 5.56 Å². The van der Waals surface area contributed by atoms with Crippen LogP contribution in [0.5, 0.6) is 11.5 Å². The van der Waals surface area contributed by atoms with Crippen molar-refractivity contribution in [2.75, 3.05) is 26.1 Å². The number of methoxy groups -OCH3 is 2. The molecule has 0 aliphatic carbocycles. The van der Waals surface area contributed by atoms with E-state index in [9.17, 15) is 14.4 Å². The van der Waals surface area contributed by atoms with Crippen molar-refractivity contribution in [1.82, 2.24) is 4.90 Å². The van der Waals surface area contributed by atoms with Gasteiger partial charge in [-0.05, 0) is 76.8 Å². The van der Waals surface area contributed by atoms with Gasteiger partial charge in [0.15, 0.2) is 0 Å². The molecule has 2 aromatic carbocycles. The van der Waals surface area contributed by atoms with E-state index in [1.165, 1.54) is 7.11 Å². The molecule has 3 amide bonds. The Labute approximate surface area is 185 Å². The summed E-state index contributed by atoms with van der Waals surface area (Å²) in [5.74, 6) is 0.152. The van der Waals surface area contributed by atoms with E-state index < -0.39 is 17.1 Å². The molecule has 1 heterocycles. The maximum atomic E-state index is 12.6. The lowest BCUT2D eigenvalue weighted by Crippen LogP contribution is -2.36. The number of carbonyl (C=O) groups is 3. The standard InChI is InChI=1S/C20H17IN2O5S/c1-27-15-8-3-12(16(10-15)28-2)9-17-19(25)23(20(26)29-17)11-18(24)22-14-6-4-13(21)5-7-14/h3-10H,11H2,1-2H3,(H,22,24)/b17-9+. The molecule has 7 nitrogen and oxygen atoms in total. The van der Waals surface area contributed by atoms with Crippen LogP contribution in [0.2, 0.25) is 0 Å². The summed E-state index contributed by atoms with van der Waals surface area (Å²) in [6, 6.07) is 12.3. The highest BCUT2D eigenvalue weighted by Crippen LogP contribution is 2.35. The molecule has 0 bridgehead atoms. The maximum Gasteiger partial charge on any atom is 0.294 e. The summed E-state index contributed by atoms with van der Waals surface area (Å²) in [5, 5.41) is 2.19. The van der Waals surface area contributed by atoms with Gasteiger partial charge >= 0.3 is 0 Å². The summed E-state index contributed by atoms with van der Waals surface area (Å²) >= 11 is 2.95. The number of amides is 3. The molecule has 0 atom stereocenters. The number of hydrogen-bond donors (Lipinski definition) is 1. The topological polar surface area (TPSA) is 84.9 Å². The number of ether oxygens (including phenoxy) is 2. The summed E-state index contributed by atoms with van der Waals surface area (Å²) in [7, 11) is 3.05. The lowest BCUT2D eigenvalue weighted by Gasteiger charge is -2.12. The van der Waals surface area contributed by atoms with E-state index >= 15 is 0 Å². The fourth-order valence-corrected chi connectivity index (χ4v) is 3.78. The largest absolute Gasteiger partial charge is 0.497 e. The number of anilines is 1. The Hall–Kier alpha value is -2.53. The van der Waals surface area contributed by atoms with Crippen LogP contribution in [-0.4, -0.2) is 42.7 Å². The molecule has 1 saturated heterocycles. The number of rotatable bonds is 6. The fourth-order valence-electron chi connectivity index (χ4n) is 2.59. The maximum absolute atomic E-state index is 12.6. The molecule has 1 N–H and O–H groups in total. The molecule has 3 rings (SSSR count). The Bertz CT molecular complexity index is 991. The van der Waals surface area contributed by atoms with Gasteiger partial charge in [0.05, 0.1) is 19.1 Å². The van der Waals surface area contributed by atoms with Crippen LogP contribution >= 0.6 is 34.4 Å². The monoisotopic (exact) mass is 524 g/mol. The van der Waals surface area contributed by atoms with E-state index in [2.05, 4.69) is 27.9 Å². The van der Waals surface area contributed by atoms with E-state index in [-0.39, 0.29) is 11.4 Å². The summed E-state index contributed by atoms with van der Waals surface area (Å²) in [6.45, 7) is -0.353.